The fraction of sp³-hybridized carbons (Fsp3) is 0.263. The molecule has 0 bridgehead atoms. The second kappa shape index (κ2) is 7.06. The van der Waals surface area contributed by atoms with Crippen LogP contribution in [-0.2, 0) is 6.42 Å². The van der Waals surface area contributed by atoms with Gasteiger partial charge in [0.05, 0.1) is 11.6 Å². The van der Waals surface area contributed by atoms with Crippen LogP contribution in [0, 0.1) is 24.1 Å². The van der Waals surface area contributed by atoms with E-state index in [2.05, 4.69) is 6.07 Å². The van der Waals surface area contributed by atoms with E-state index in [1.54, 1.807) is 24.1 Å². The van der Waals surface area contributed by atoms with Crippen molar-refractivity contribution in [2.75, 3.05) is 13.6 Å². The maximum atomic E-state index is 14.0. The maximum Gasteiger partial charge on any atom is 0.253 e. The third-order valence-electron chi connectivity index (χ3n) is 4.05. The molecule has 1 amide bonds. The average Bonchev–Trinajstić information content (AvgIpc) is 2.56. The van der Waals surface area contributed by atoms with E-state index in [9.17, 15) is 14.4 Å². The summed E-state index contributed by atoms with van der Waals surface area (Å²) in [5, 5.41) is 9.18. The first kappa shape index (κ1) is 16.7. The molecule has 2 aromatic carbocycles. The van der Waals surface area contributed by atoms with E-state index in [-0.39, 0.29) is 5.91 Å². The number of hydrogen-bond acceptors (Lipinski definition) is 2. The van der Waals surface area contributed by atoms with Crippen LogP contribution in [0.4, 0.5) is 4.39 Å². The maximum absolute atomic E-state index is 14.0. The van der Waals surface area contributed by atoms with Gasteiger partial charge in [0, 0.05) is 19.2 Å². The Morgan fingerprint density at radius 3 is 2.61 bits per heavy atom. The van der Waals surface area contributed by atoms with Crippen LogP contribution in [0.25, 0.3) is 0 Å². The number of amides is 1. The van der Waals surface area contributed by atoms with Crippen molar-refractivity contribution < 1.29 is 9.18 Å². The molecule has 0 aliphatic rings. The normalized spacial score (nSPS) is 10.2. The zero-order valence-corrected chi connectivity index (χ0v) is 13.6. The quantitative estimate of drug-likeness (QED) is 0.864. The third-order valence-corrected chi connectivity index (χ3v) is 4.05. The predicted octanol–water partition coefficient (Wildman–Crippen LogP) is 3.69. The lowest BCUT2D eigenvalue weighted by atomic mass is 9.94. The van der Waals surface area contributed by atoms with Crippen molar-refractivity contribution in [3.05, 3.63) is 70.0 Å². The molecule has 0 unspecified atom stereocenters. The van der Waals surface area contributed by atoms with E-state index in [1.807, 2.05) is 26.0 Å². The first-order valence-corrected chi connectivity index (χ1v) is 7.50. The van der Waals surface area contributed by atoms with Crippen molar-refractivity contribution in [3.63, 3.8) is 0 Å². The van der Waals surface area contributed by atoms with Crippen molar-refractivity contribution in [2.24, 2.45) is 0 Å². The summed E-state index contributed by atoms with van der Waals surface area (Å²) in [7, 11) is 1.69. The molecule has 0 aromatic heterocycles. The summed E-state index contributed by atoms with van der Waals surface area (Å²) in [6, 6.07) is 12.1. The molecule has 0 atom stereocenters. The molecule has 0 spiro atoms. The van der Waals surface area contributed by atoms with Gasteiger partial charge in [-0.25, -0.2) is 4.39 Å². The number of rotatable bonds is 4. The number of carbonyl (C=O) groups excluding carboxylic acids is 1. The van der Waals surface area contributed by atoms with Gasteiger partial charge in [0.1, 0.15) is 5.82 Å². The average molecular weight is 310 g/mol. The molecule has 3 nitrogen and oxygen atoms in total. The molecule has 0 N–H and O–H groups in total. The summed E-state index contributed by atoms with van der Waals surface area (Å²) in [6.07, 6.45) is 0.420. The molecule has 0 fully saturated rings. The van der Waals surface area contributed by atoms with E-state index in [1.165, 1.54) is 12.1 Å². The van der Waals surface area contributed by atoms with Crippen LogP contribution in [0.3, 0.4) is 0 Å². The van der Waals surface area contributed by atoms with Gasteiger partial charge in [-0.3, -0.25) is 4.79 Å². The van der Waals surface area contributed by atoms with Crippen molar-refractivity contribution in [2.45, 2.75) is 20.3 Å². The fourth-order valence-corrected chi connectivity index (χ4v) is 2.48. The highest BCUT2D eigenvalue weighted by atomic mass is 19.1. The van der Waals surface area contributed by atoms with Gasteiger partial charge in [-0.2, -0.15) is 5.26 Å². The monoisotopic (exact) mass is 310 g/mol. The zero-order valence-electron chi connectivity index (χ0n) is 13.6. The fourth-order valence-electron chi connectivity index (χ4n) is 2.48. The molecular weight excluding hydrogens is 291 g/mol. The Labute approximate surface area is 136 Å². The second-order valence-electron chi connectivity index (χ2n) is 5.50. The SMILES string of the molecule is CCN(C)C(=O)c1cc(F)cc(Cc2ccccc2C#N)c1C. The highest BCUT2D eigenvalue weighted by Gasteiger charge is 2.17. The van der Waals surface area contributed by atoms with Crippen molar-refractivity contribution >= 4 is 5.91 Å². The number of halogens is 1. The minimum atomic E-state index is -0.437. The first-order valence-electron chi connectivity index (χ1n) is 7.50. The third kappa shape index (κ3) is 3.57. The summed E-state index contributed by atoms with van der Waals surface area (Å²) in [4.78, 5) is 13.9. The van der Waals surface area contributed by atoms with Crippen molar-refractivity contribution in [1.82, 2.24) is 4.90 Å². The van der Waals surface area contributed by atoms with Gasteiger partial charge in [0.2, 0.25) is 0 Å². The molecule has 4 heteroatoms. The molecule has 118 valence electrons. The molecule has 2 aromatic rings. The minimum Gasteiger partial charge on any atom is -0.342 e. The molecule has 0 heterocycles. The molecule has 0 saturated carbocycles. The first-order chi connectivity index (χ1) is 11.0. The molecule has 0 aliphatic carbocycles. The van der Waals surface area contributed by atoms with Crippen LogP contribution in [0.15, 0.2) is 36.4 Å². The Balaban J connectivity index is 2.46. The molecule has 23 heavy (non-hydrogen) atoms. The Hall–Kier alpha value is -2.67. The number of benzene rings is 2. The largest absolute Gasteiger partial charge is 0.342 e. The summed E-state index contributed by atoms with van der Waals surface area (Å²) >= 11 is 0. The number of hydrogen-bond donors (Lipinski definition) is 0. The summed E-state index contributed by atoms with van der Waals surface area (Å²) < 4.78 is 14.0. The molecule has 0 radical (unpaired) electrons. The van der Waals surface area contributed by atoms with Gasteiger partial charge in [-0.05, 0) is 55.2 Å². The molecule has 0 aliphatic heterocycles. The lowest BCUT2D eigenvalue weighted by Gasteiger charge is -2.18. The van der Waals surface area contributed by atoms with E-state index in [4.69, 9.17) is 0 Å². The molecule has 2 rings (SSSR count). The standard InChI is InChI=1S/C19H19FN2O/c1-4-22(3)19(23)18-11-17(20)10-16(13(18)2)9-14-7-5-6-8-15(14)12-21/h5-8,10-11H,4,9H2,1-3H3. The van der Waals surface area contributed by atoms with Crippen molar-refractivity contribution in [3.8, 4) is 6.07 Å². The van der Waals surface area contributed by atoms with Crippen molar-refractivity contribution in [1.29, 1.82) is 5.26 Å². The second-order valence-corrected chi connectivity index (χ2v) is 5.50. The summed E-state index contributed by atoms with van der Waals surface area (Å²) in [5.74, 6) is -0.632. The van der Waals surface area contributed by atoms with Gasteiger partial charge in [0.25, 0.3) is 5.91 Å². The van der Waals surface area contributed by atoms with Gasteiger partial charge in [-0.1, -0.05) is 18.2 Å². The van der Waals surface area contributed by atoms with Crippen LogP contribution in [0.5, 0.6) is 0 Å². The summed E-state index contributed by atoms with van der Waals surface area (Å²) in [6.45, 7) is 4.25. The summed E-state index contributed by atoms with van der Waals surface area (Å²) in [5.41, 5.74) is 3.24. The number of nitriles is 1. The highest BCUT2D eigenvalue weighted by molar-refractivity contribution is 5.95. The van der Waals surface area contributed by atoms with Gasteiger partial charge >= 0.3 is 0 Å². The van der Waals surface area contributed by atoms with Crippen LogP contribution in [0.1, 0.15) is 39.5 Å². The Morgan fingerprint density at radius 1 is 1.26 bits per heavy atom. The predicted molar refractivity (Wildman–Crippen MR) is 87.7 cm³/mol. The molecular formula is C19H19FN2O. The van der Waals surface area contributed by atoms with Crippen LogP contribution in [-0.4, -0.2) is 24.4 Å². The number of nitrogens with zero attached hydrogens (tertiary/aromatic N) is 2. The Kier molecular flexibility index (Phi) is 5.13. The minimum absolute atomic E-state index is 0.195. The van der Waals surface area contributed by atoms with E-state index >= 15 is 0 Å². The van der Waals surface area contributed by atoms with Gasteiger partial charge < -0.3 is 4.90 Å². The molecule has 0 saturated heterocycles. The Morgan fingerprint density at radius 2 is 1.96 bits per heavy atom. The van der Waals surface area contributed by atoms with E-state index in [0.29, 0.717) is 24.1 Å². The van der Waals surface area contributed by atoms with Crippen LogP contribution in [0.2, 0.25) is 0 Å². The van der Waals surface area contributed by atoms with E-state index < -0.39 is 5.82 Å². The van der Waals surface area contributed by atoms with E-state index in [0.717, 1.165) is 16.7 Å². The van der Waals surface area contributed by atoms with Crippen LogP contribution < -0.4 is 0 Å². The smallest absolute Gasteiger partial charge is 0.253 e. The van der Waals surface area contributed by atoms with Gasteiger partial charge in [-0.15, -0.1) is 0 Å². The lowest BCUT2D eigenvalue weighted by Crippen LogP contribution is -2.27. The zero-order chi connectivity index (χ0) is 17.0. The topological polar surface area (TPSA) is 44.1 Å². The highest BCUT2D eigenvalue weighted by Crippen LogP contribution is 2.22. The van der Waals surface area contributed by atoms with Gasteiger partial charge in [0.15, 0.2) is 0 Å². The Bertz CT molecular complexity index is 777. The van der Waals surface area contributed by atoms with Crippen LogP contribution >= 0.6 is 0 Å². The number of carbonyl (C=O) groups is 1. The lowest BCUT2D eigenvalue weighted by molar-refractivity contribution is 0.0801.